The van der Waals surface area contributed by atoms with E-state index in [1.807, 2.05) is 18.0 Å². The molecule has 3 nitrogen and oxygen atoms in total. The molecule has 0 aromatic carbocycles. The van der Waals surface area contributed by atoms with Gasteiger partial charge in [0.2, 0.25) is 5.91 Å². The Balaban J connectivity index is 0.00000144. The van der Waals surface area contributed by atoms with Crippen LogP contribution in [0.25, 0.3) is 0 Å². The lowest BCUT2D eigenvalue weighted by molar-refractivity contribution is -0.125. The van der Waals surface area contributed by atoms with Gasteiger partial charge in [-0.05, 0) is 19.9 Å². The molecule has 0 atom stereocenters. The number of halogens is 1. The van der Waals surface area contributed by atoms with E-state index >= 15 is 0 Å². The maximum atomic E-state index is 11.3. The number of likely N-dealkylation sites (N-methyl/N-ethyl adjacent to an activating group) is 1. The van der Waals surface area contributed by atoms with Crippen molar-refractivity contribution in [2.75, 3.05) is 26.7 Å². The number of amides is 1. The van der Waals surface area contributed by atoms with Crippen molar-refractivity contribution in [3.05, 3.63) is 12.2 Å². The van der Waals surface area contributed by atoms with Crippen LogP contribution >= 0.6 is 12.4 Å². The molecular weight excluding hydrogens is 188 g/mol. The lowest BCUT2D eigenvalue weighted by atomic mass is 10.4. The van der Waals surface area contributed by atoms with Crippen LogP contribution in [-0.4, -0.2) is 37.5 Å². The van der Waals surface area contributed by atoms with Gasteiger partial charge in [-0.3, -0.25) is 4.79 Å². The molecule has 0 aromatic rings. The highest BCUT2D eigenvalue weighted by molar-refractivity contribution is 5.87. The van der Waals surface area contributed by atoms with Crippen LogP contribution in [0.15, 0.2) is 12.2 Å². The van der Waals surface area contributed by atoms with Crippen molar-refractivity contribution in [2.24, 2.45) is 0 Å². The lowest BCUT2D eigenvalue weighted by Gasteiger charge is -2.11. The van der Waals surface area contributed by atoms with Crippen molar-refractivity contribution in [1.29, 1.82) is 0 Å². The van der Waals surface area contributed by atoms with E-state index in [-0.39, 0.29) is 18.3 Å². The number of nitrogens with zero attached hydrogens (tertiary/aromatic N) is 1. The molecule has 4 heteroatoms. The average molecular weight is 205 g/mol. The first-order valence-electron chi connectivity index (χ1n) is 4.44. The molecule has 1 N–H and O–H groups in total. The average Bonchev–Trinajstić information content (AvgIpc) is 2.56. The zero-order chi connectivity index (χ0) is 8.81. The standard InChI is InChI=1S/C9H16N2O.ClH/c1-10-6-4-5-9(12)11-7-2-3-8-11;/h4-5,10H,2-3,6-8H2,1H3;1H/b5-4+;. The maximum absolute atomic E-state index is 11.3. The quantitative estimate of drug-likeness (QED) is 0.690. The van der Waals surface area contributed by atoms with Crippen LogP contribution < -0.4 is 5.32 Å². The van der Waals surface area contributed by atoms with Crippen LogP contribution in [0.2, 0.25) is 0 Å². The van der Waals surface area contributed by atoms with Crippen molar-refractivity contribution >= 4 is 18.3 Å². The second-order valence-electron chi connectivity index (χ2n) is 2.99. The molecule has 1 fully saturated rings. The fourth-order valence-electron chi connectivity index (χ4n) is 1.32. The van der Waals surface area contributed by atoms with Crippen LogP contribution in [0.3, 0.4) is 0 Å². The van der Waals surface area contributed by atoms with Gasteiger partial charge < -0.3 is 10.2 Å². The fraction of sp³-hybridized carbons (Fsp3) is 0.667. The Kier molecular flexibility index (Phi) is 6.63. The van der Waals surface area contributed by atoms with Crippen molar-refractivity contribution in [1.82, 2.24) is 10.2 Å². The molecule has 1 aliphatic rings. The predicted octanol–water partition coefficient (Wildman–Crippen LogP) is 0.806. The third-order valence-electron chi connectivity index (χ3n) is 2.00. The summed E-state index contributed by atoms with van der Waals surface area (Å²) in [5.41, 5.74) is 0. The number of hydrogen-bond acceptors (Lipinski definition) is 2. The first-order valence-corrected chi connectivity index (χ1v) is 4.44. The van der Waals surface area contributed by atoms with Crippen molar-refractivity contribution in [3.8, 4) is 0 Å². The van der Waals surface area contributed by atoms with E-state index in [9.17, 15) is 4.79 Å². The van der Waals surface area contributed by atoms with Crippen LogP contribution in [0, 0.1) is 0 Å². The van der Waals surface area contributed by atoms with Crippen molar-refractivity contribution in [3.63, 3.8) is 0 Å². The Morgan fingerprint density at radius 2 is 2.08 bits per heavy atom. The van der Waals surface area contributed by atoms with E-state index in [4.69, 9.17) is 0 Å². The van der Waals surface area contributed by atoms with Gasteiger partial charge in [0, 0.05) is 25.7 Å². The highest BCUT2D eigenvalue weighted by atomic mass is 35.5. The van der Waals surface area contributed by atoms with E-state index in [1.54, 1.807) is 6.08 Å². The van der Waals surface area contributed by atoms with Crippen LogP contribution in [0.5, 0.6) is 0 Å². The molecule has 1 rings (SSSR count). The highest BCUT2D eigenvalue weighted by Gasteiger charge is 2.14. The smallest absolute Gasteiger partial charge is 0.246 e. The summed E-state index contributed by atoms with van der Waals surface area (Å²) in [4.78, 5) is 13.2. The number of hydrogen-bond donors (Lipinski definition) is 1. The Hall–Kier alpha value is -0.540. The normalized spacial score (nSPS) is 16.2. The van der Waals surface area contributed by atoms with Crippen LogP contribution in [-0.2, 0) is 4.79 Å². The molecule has 1 aliphatic heterocycles. The first-order chi connectivity index (χ1) is 5.84. The Labute approximate surface area is 85.6 Å². The summed E-state index contributed by atoms with van der Waals surface area (Å²) in [6.45, 7) is 2.63. The monoisotopic (exact) mass is 204 g/mol. The summed E-state index contributed by atoms with van der Waals surface area (Å²) in [5.74, 6) is 0.155. The molecule has 1 heterocycles. The van der Waals surface area contributed by atoms with E-state index in [1.165, 1.54) is 0 Å². The fourth-order valence-corrected chi connectivity index (χ4v) is 1.32. The van der Waals surface area contributed by atoms with Gasteiger partial charge in [-0.1, -0.05) is 6.08 Å². The van der Waals surface area contributed by atoms with Gasteiger partial charge >= 0.3 is 0 Å². The lowest BCUT2D eigenvalue weighted by Crippen LogP contribution is -2.25. The van der Waals surface area contributed by atoms with E-state index in [0.29, 0.717) is 0 Å². The molecule has 0 radical (unpaired) electrons. The molecular formula is C9H17ClN2O. The highest BCUT2D eigenvalue weighted by Crippen LogP contribution is 2.07. The minimum Gasteiger partial charge on any atom is -0.339 e. The van der Waals surface area contributed by atoms with Gasteiger partial charge in [0.15, 0.2) is 0 Å². The number of carbonyl (C=O) groups is 1. The van der Waals surface area contributed by atoms with Gasteiger partial charge in [-0.2, -0.15) is 0 Å². The Morgan fingerprint density at radius 1 is 1.46 bits per heavy atom. The zero-order valence-electron chi connectivity index (χ0n) is 7.95. The zero-order valence-corrected chi connectivity index (χ0v) is 8.77. The summed E-state index contributed by atoms with van der Waals surface area (Å²) in [6, 6.07) is 0. The van der Waals surface area contributed by atoms with Crippen LogP contribution in [0.4, 0.5) is 0 Å². The number of nitrogens with one attached hydrogen (secondary N) is 1. The second kappa shape index (κ2) is 6.92. The van der Waals surface area contributed by atoms with Gasteiger partial charge in [-0.15, -0.1) is 12.4 Å². The summed E-state index contributed by atoms with van der Waals surface area (Å²) in [5, 5.41) is 2.96. The SMILES string of the molecule is CNC/C=C/C(=O)N1CCCC1.Cl. The number of likely N-dealkylation sites (tertiary alicyclic amines) is 1. The molecule has 0 saturated carbocycles. The van der Waals surface area contributed by atoms with E-state index in [2.05, 4.69) is 5.32 Å². The minimum absolute atomic E-state index is 0. The molecule has 13 heavy (non-hydrogen) atoms. The Morgan fingerprint density at radius 3 is 2.62 bits per heavy atom. The van der Waals surface area contributed by atoms with Crippen LogP contribution in [0.1, 0.15) is 12.8 Å². The topological polar surface area (TPSA) is 32.3 Å². The Bertz CT molecular complexity index is 176. The van der Waals surface area contributed by atoms with E-state index in [0.717, 1.165) is 32.5 Å². The maximum Gasteiger partial charge on any atom is 0.246 e. The van der Waals surface area contributed by atoms with Gasteiger partial charge in [0.05, 0.1) is 0 Å². The molecule has 76 valence electrons. The predicted molar refractivity (Wildman–Crippen MR) is 56.1 cm³/mol. The van der Waals surface area contributed by atoms with Gasteiger partial charge in [-0.25, -0.2) is 0 Å². The molecule has 1 amide bonds. The molecule has 0 spiro atoms. The molecule has 0 aromatic heterocycles. The minimum atomic E-state index is 0. The first kappa shape index (κ1) is 12.5. The van der Waals surface area contributed by atoms with Gasteiger partial charge in [0.25, 0.3) is 0 Å². The van der Waals surface area contributed by atoms with E-state index < -0.39 is 0 Å². The largest absolute Gasteiger partial charge is 0.339 e. The molecule has 0 bridgehead atoms. The third kappa shape index (κ3) is 4.29. The summed E-state index contributed by atoms with van der Waals surface area (Å²) in [7, 11) is 1.87. The summed E-state index contributed by atoms with van der Waals surface area (Å²) < 4.78 is 0. The second-order valence-corrected chi connectivity index (χ2v) is 2.99. The number of rotatable bonds is 3. The summed E-state index contributed by atoms with van der Waals surface area (Å²) >= 11 is 0. The van der Waals surface area contributed by atoms with Gasteiger partial charge in [0.1, 0.15) is 0 Å². The molecule has 0 aliphatic carbocycles. The summed E-state index contributed by atoms with van der Waals surface area (Å²) in [6.07, 6.45) is 5.83. The molecule has 1 saturated heterocycles. The third-order valence-corrected chi connectivity index (χ3v) is 2.00. The van der Waals surface area contributed by atoms with Crippen molar-refractivity contribution < 1.29 is 4.79 Å². The number of carbonyl (C=O) groups excluding carboxylic acids is 1. The van der Waals surface area contributed by atoms with Crippen molar-refractivity contribution in [2.45, 2.75) is 12.8 Å². The molecule has 0 unspecified atom stereocenters.